The fraction of sp³-hybridized carbons (Fsp3) is 0.367. The van der Waals surface area contributed by atoms with Gasteiger partial charge in [-0.15, -0.1) is 6.58 Å². The third-order valence-corrected chi connectivity index (χ3v) is 10.9. The number of hydrogen-bond acceptors (Lipinski definition) is 3. The fourth-order valence-electron chi connectivity index (χ4n) is 7.13. The first-order valence-corrected chi connectivity index (χ1v) is 19.3. The Balaban J connectivity index is 1.59. The van der Waals surface area contributed by atoms with Crippen molar-refractivity contribution in [3.63, 3.8) is 0 Å². The van der Waals surface area contributed by atoms with Gasteiger partial charge in [0.25, 0.3) is 0 Å². The van der Waals surface area contributed by atoms with E-state index in [4.69, 9.17) is 15.0 Å². The predicted molar refractivity (Wildman–Crippen MR) is 227 cm³/mol. The van der Waals surface area contributed by atoms with Crippen LogP contribution in [0.15, 0.2) is 110 Å². The minimum atomic E-state index is -0.0774. The first kappa shape index (κ1) is 37.9. The maximum atomic E-state index is 5.26. The van der Waals surface area contributed by atoms with Gasteiger partial charge >= 0.3 is 0 Å². The van der Waals surface area contributed by atoms with E-state index in [1.54, 1.807) is 0 Å². The lowest BCUT2D eigenvalue weighted by atomic mass is 9.80. The average Bonchev–Trinajstić information content (AvgIpc) is 3.45. The summed E-state index contributed by atoms with van der Waals surface area (Å²) in [5.41, 5.74) is 9.22. The maximum Gasteiger partial charge on any atom is 0.238 e. The average molecular weight is 703 g/mol. The second-order valence-corrected chi connectivity index (χ2v) is 18.0. The van der Waals surface area contributed by atoms with Gasteiger partial charge in [0.05, 0.1) is 11.0 Å². The molecule has 53 heavy (non-hydrogen) atoms. The summed E-state index contributed by atoms with van der Waals surface area (Å²) in [7, 11) is 0. The number of aromatic nitrogens is 4. The molecule has 0 atom stereocenters. The topological polar surface area (TPSA) is 43.6 Å². The van der Waals surface area contributed by atoms with Crippen LogP contribution >= 0.6 is 0 Å². The van der Waals surface area contributed by atoms with E-state index < -0.39 is 0 Å². The summed E-state index contributed by atoms with van der Waals surface area (Å²) in [6, 6.07) is 31.2. The molecular weight excluding hydrogens is 645 g/mol. The molecule has 2 aromatic heterocycles. The van der Waals surface area contributed by atoms with E-state index in [0.717, 1.165) is 41.4 Å². The highest BCUT2D eigenvalue weighted by Crippen LogP contribution is 2.38. The zero-order valence-electron chi connectivity index (χ0n) is 33.9. The number of allylic oxidation sites excluding steroid dienone is 3. The smallest absolute Gasteiger partial charge is 0.238 e. The van der Waals surface area contributed by atoms with Gasteiger partial charge < -0.3 is 0 Å². The van der Waals surface area contributed by atoms with E-state index in [2.05, 4.69) is 184 Å². The molecule has 0 aliphatic rings. The first-order valence-electron chi connectivity index (χ1n) is 19.3. The molecule has 0 unspecified atom stereocenters. The van der Waals surface area contributed by atoms with Crippen molar-refractivity contribution in [2.75, 3.05) is 0 Å². The molecule has 6 aromatic rings. The summed E-state index contributed by atoms with van der Waals surface area (Å²) >= 11 is 0. The Morgan fingerprint density at radius 2 is 1.04 bits per heavy atom. The van der Waals surface area contributed by atoms with Crippen molar-refractivity contribution < 1.29 is 0 Å². The third kappa shape index (κ3) is 7.79. The summed E-state index contributed by atoms with van der Waals surface area (Å²) in [6.07, 6.45) is 9.57. The van der Waals surface area contributed by atoms with Crippen LogP contribution in [-0.2, 0) is 21.7 Å². The Morgan fingerprint density at radius 3 is 1.47 bits per heavy atom. The molecule has 0 aliphatic carbocycles. The summed E-state index contributed by atoms with van der Waals surface area (Å²) in [6.45, 7) is 28.9. The van der Waals surface area contributed by atoms with E-state index in [0.29, 0.717) is 17.6 Å². The Kier molecular flexibility index (Phi) is 10.2. The Morgan fingerprint density at radius 1 is 0.585 bits per heavy atom. The molecule has 4 aromatic carbocycles. The van der Waals surface area contributed by atoms with Gasteiger partial charge in [0, 0.05) is 27.3 Å². The molecule has 0 saturated heterocycles. The highest BCUT2D eigenvalue weighted by atomic mass is 15.2. The fourth-order valence-corrected chi connectivity index (χ4v) is 7.13. The third-order valence-electron chi connectivity index (χ3n) is 10.9. The number of nitrogens with zero attached hydrogens (tertiary/aromatic N) is 4. The van der Waals surface area contributed by atoms with Crippen molar-refractivity contribution >= 4 is 21.8 Å². The van der Waals surface area contributed by atoms with E-state index in [1.165, 1.54) is 33.0 Å². The summed E-state index contributed by atoms with van der Waals surface area (Å²) in [5, 5.41) is 2.42. The zero-order chi connectivity index (χ0) is 38.3. The molecule has 274 valence electrons. The molecule has 0 spiro atoms. The SMILES string of the molecule is C=CCCC(C)(C)c1ccc(-c2nc(-c3ccc(C(C)(C)C=CCC)cc3)nc(-n3c4ccc(C(C)(C)C)cc4c4cc(C(C)(C)C)ccc43)n2)cc1. The second-order valence-electron chi connectivity index (χ2n) is 18.0. The lowest BCUT2D eigenvalue weighted by Gasteiger charge is -2.25. The van der Waals surface area contributed by atoms with E-state index >= 15 is 0 Å². The minimum absolute atomic E-state index is 0.0111. The normalized spacial score (nSPS) is 13.0. The van der Waals surface area contributed by atoms with Crippen LogP contribution in [0.5, 0.6) is 0 Å². The van der Waals surface area contributed by atoms with Gasteiger partial charge in [0.1, 0.15) is 0 Å². The van der Waals surface area contributed by atoms with Crippen molar-refractivity contribution in [2.45, 2.75) is 117 Å². The molecule has 0 bridgehead atoms. The van der Waals surface area contributed by atoms with E-state index in [9.17, 15) is 0 Å². The van der Waals surface area contributed by atoms with Gasteiger partial charge in [-0.1, -0.05) is 155 Å². The van der Waals surface area contributed by atoms with Crippen molar-refractivity contribution in [1.29, 1.82) is 0 Å². The Labute approximate surface area is 318 Å². The summed E-state index contributed by atoms with van der Waals surface area (Å²) in [5.74, 6) is 1.92. The molecule has 4 heteroatoms. The molecule has 0 radical (unpaired) electrons. The molecule has 4 nitrogen and oxygen atoms in total. The van der Waals surface area contributed by atoms with Crippen LogP contribution in [0.2, 0.25) is 0 Å². The highest BCUT2D eigenvalue weighted by Gasteiger charge is 2.24. The zero-order valence-corrected chi connectivity index (χ0v) is 33.9. The van der Waals surface area contributed by atoms with Gasteiger partial charge in [0.2, 0.25) is 5.95 Å². The van der Waals surface area contributed by atoms with Crippen molar-refractivity contribution in [2.24, 2.45) is 0 Å². The van der Waals surface area contributed by atoms with Crippen molar-refractivity contribution in [3.05, 3.63) is 132 Å². The molecule has 0 aliphatic heterocycles. The van der Waals surface area contributed by atoms with Crippen LogP contribution in [0.3, 0.4) is 0 Å². The number of rotatable bonds is 10. The summed E-state index contributed by atoms with van der Waals surface area (Å²) in [4.78, 5) is 15.7. The molecule has 0 amide bonds. The van der Waals surface area contributed by atoms with Crippen molar-refractivity contribution in [1.82, 2.24) is 19.5 Å². The Hall–Kier alpha value is -4.83. The number of hydrogen-bond donors (Lipinski definition) is 0. The standard InChI is InChI=1S/C49H58N4/c1-13-15-29-48(9,10)35-21-17-33(18-22-35)43-50-44(34-19-23-36(24-20-34)49(11,12)30-16-14-2)52-45(51-43)53-41-27-25-37(46(3,4)5)31-39(41)40-32-38(47(6,7)8)26-28-42(40)53/h13,16-28,30-32H,1,14-15,29H2,2-12H3. The lowest BCUT2D eigenvalue weighted by Crippen LogP contribution is -2.16. The van der Waals surface area contributed by atoms with Gasteiger partial charge in [0.15, 0.2) is 11.6 Å². The van der Waals surface area contributed by atoms with Crippen LogP contribution in [0, 0.1) is 0 Å². The van der Waals surface area contributed by atoms with Crippen LogP contribution in [0.4, 0.5) is 0 Å². The van der Waals surface area contributed by atoms with Gasteiger partial charge in [-0.25, -0.2) is 4.98 Å². The summed E-state index contributed by atoms with van der Waals surface area (Å²) < 4.78 is 2.23. The monoisotopic (exact) mass is 702 g/mol. The largest absolute Gasteiger partial charge is 0.278 e. The molecule has 6 rings (SSSR count). The molecule has 0 saturated carbocycles. The predicted octanol–water partition coefficient (Wildman–Crippen LogP) is 13.4. The quantitative estimate of drug-likeness (QED) is 0.133. The number of fused-ring (bicyclic) bond motifs is 3. The maximum absolute atomic E-state index is 5.26. The molecular formula is C49H58N4. The number of benzene rings is 4. The van der Waals surface area contributed by atoms with Crippen LogP contribution in [0.25, 0.3) is 50.5 Å². The van der Waals surface area contributed by atoms with Gasteiger partial charge in [-0.2, -0.15) is 9.97 Å². The highest BCUT2D eigenvalue weighted by molar-refractivity contribution is 6.09. The second kappa shape index (κ2) is 14.2. The van der Waals surface area contributed by atoms with Crippen LogP contribution < -0.4 is 0 Å². The molecule has 0 fully saturated rings. The lowest BCUT2D eigenvalue weighted by molar-refractivity contribution is 0.485. The van der Waals surface area contributed by atoms with Gasteiger partial charge in [-0.3, -0.25) is 4.57 Å². The Bertz CT molecular complexity index is 2210. The van der Waals surface area contributed by atoms with Crippen LogP contribution in [0.1, 0.15) is 118 Å². The van der Waals surface area contributed by atoms with E-state index in [1.807, 2.05) is 6.08 Å². The first-order chi connectivity index (χ1) is 24.9. The van der Waals surface area contributed by atoms with E-state index in [-0.39, 0.29) is 21.7 Å². The minimum Gasteiger partial charge on any atom is -0.278 e. The van der Waals surface area contributed by atoms with Crippen LogP contribution in [-0.4, -0.2) is 19.5 Å². The van der Waals surface area contributed by atoms with Gasteiger partial charge in [-0.05, 0) is 82.0 Å². The molecule has 2 heterocycles. The molecule has 0 N–H and O–H groups in total. The van der Waals surface area contributed by atoms with Crippen molar-refractivity contribution in [3.8, 4) is 28.7 Å².